The fourth-order valence-electron chi connectivity index (χ4n) is 1.08. The summed E-state index contributed by atoms with van der Waals surface area (Å²) in [5.41, 5.74) is -0.229. The van der Waals surface area contributed by atoms with Crippen LogP contribution in [-0.4, -0.2) is 9.97 Å². The predicted molar refractivity (Wildman–Crippen MR) is 50.0 cm³/mol. The number of halogens is 2. The molecule has 13 heavy (non-hydrogen) atoms. The van der Waals surface area contributed by atoms with Crippen molar-refractivity contribution in [2.75, 3.05) is 0 Å². The number of hydrogen-bond donors (Lipinski definition) is 1. The number of hydrogen-bond acceptors (Lipinski definition) is 2. The molecule has 2 rings (SSSR count). The van der Waals surface area contributed by atoms with Crippen LogP contribution in [0.3, 0.4) is 0 Å². The maximum atomic E-state index is 13.0. The van der Waals surface area contributed by atoms with Gasteiger partial charge in [-0.1, -0.05) is 0 Å². The van der Waals surface area contributed by atoms with Crippen LogP contribution in [-0.2, 0) is 0 Å². The third-order valence-corrected chi connectivity index (χ3v) is 2.47. The van der Waals surface area contributed by atoms with E-state index in [0.29, 0.717) is 10.9 Å². The molecular weight excluding hydrogens is 239 g/mol. The molecule has 66 valence electrons. The molecule has 2 aromatic heterocycles. The second kappa shape index (κ2) is 2.92. The lowest BCUT2D eigenvalue weighted by Crippen LogP contribution is -2.11. The lowest BCUT2D eigenvalue weighted by Gasteiger charge is -1.99. The first-order valence-corrected chi connectivity index (χ1v) is 4.30. The number of pyridine rings is 2. The number of fused-ring (bicyclic) bond motifs is 1. The van der Waals surface area contributed by atoms with E-state index in [1.165, 1.54) is 12.4 Å². The SMILES string of the molecule is O=c1[nH]c2cnccc2c(Br)c1F. The summed E-state index contributed by atoms with van der Waals surface area (Å²) in [5.74, 6) is -0.807. The lowest BCUT2D eigenvalue weighted by molar-refractivity contribution is 0.605. The van der Waals surface area contributed by atoms with Crippen molar-refractivity contribution in [2.45, 2.75) is 0 Å². The van der Waals surface area contributed by atoms with E-state index >= 15 is 0 Å². The van der Waals surface area contributed by atoms with Gasteiger partial charge >= 0.3 is 0 Å². The van der Waals surface area contributed by atoms with Gasteiger partial charge in [0, 0.05) is 11.6 Å². The summed E-state index contributed by atoms with van der Waals surface area (Å²) >= 11 is 3.01. The Hall–Kier alpha value is -1.23. The second-order valence-electron chi connectivity index (χ2n) is 2.50. The Morgan fingerprint density at radius 1 is 1.54 bits per heavy atom. The van der Waals surface area contributed by atoms with E-state index in [0.717, 1.165) is 0 Å². The van der Waals surface area contributed by atoms with Crippen molar-refractivity contribution < 1.29 is 4.39 Å². The molecule has 0 saturated heterocycles. The molecule has 0 unspecified atom stereocenters. The highest BCUT2D eigenvalue weighted by atomic mass is 79.9. The van der Waals surface area contributed by atoms with E-state index in [9.17, 15) is 9.18 Å². The maximum absolute atomic E-state index is 13.0. The summed E-state index contributed by atoms with van der Waals surface area (Å²) in [5, 5.41) is 0.604. The van der Waals surface area contributed by atoms with Gasteiger partial charge in [0.15, 0.2) is 0 Å². The Kier molecular flexibility index (Phi) is 1.88. The fourth-order valence-corrected chi connectivity index (χ4v) is 1.61. The lowest BCUT2D eigenvalue weighted by atomic mass is 10.2. The third kappa shape index (κ3) is 1.25. The quantitative estimate of drug-likeness (QED) is 0.767. The van der Waals surface area contributed by atoms with Crippen LogP contribution in [0.15, 0.2) is 27.7 Å². The van der Waals surface area contributed by atoms with Crippen molar-refractivity contribution in [1.82, 2.24) is 9.97 Å². The molecule has 5 heteroatoms. The third-order valence-electron chi connectivity index (χ3n) is 1.70. The highest BCUT2D eigenvalue weighted by molar-refractivity contribution is 9.10. The van der Waals surface area contributed by atoms with Gasteiger partial charge in [-0.15, -0.1) is 0 Å². The largest absolute Gasteiger partial charge is 0.318 e. The van der Waals surface area contributed by atoms with Crippen LogP contribution < -0.4 is 5.56 Å². The molecule has 0 fully saturated rings. The molecule has 0 radical (unpaired) electrons. The molecule has 0 aliphatic heterocycles. The van der Waals surface area contributed by atoms with E-state index in [2.05, 4.69) is 25.9 Å². The van der Waals surface area contributed by atoms with Gasteiger partial charge in [0.2, 0.25) is 5.82 Å². The van der Waals surface area contributed by atoms with E-state index < -0.39 is 11.4 Å². The number of H-pyrrole nitrogens is 1. The smallest absolute Gasteiger partial charge is 0.285 e. The van der Waals surface area contributed by atoms with Gasteiger partial charge in [0.05, 0.1) is 16.2 Å². The average Bonchev–Trinajstić information content (AvgIpc) is 2.15. The zero-order valence-electron chi connectivity index (χ0n) is 6.34. The van der Waals surface area contributed by atoms with E-state index in [4.69, 9.17) is 0 Å². The summed E-state index contributed by atoms with van der Waals surface area (Å²) < 4.78 is 13.2. The van der Waals surface area contributed by atoms with E-state index in [1.54, 1.807) is 6.07 Å². The van der Waals surface area contributed by atoms with Crippen molar-refractivity contribution in [3.8, 4) is 0 Å². The van der Waals surface area contributed by atoms with Gasteiger partial charge in [0.25, 0.3) is 5.56 Å². The Bertz CT molecular complexity index is 523. The van der Waals surface area contributed by atoms with Crippen LogP contribution >= 0.6 is 15.9 Å². The van der Waals surface area contributed by atoms with Crippen LogP contribution in [0.5, 0.6) is 0 Å². The minimum atomic E-state index is -0.807. The van der Waals surface area contributed by atoms with Crippen LogP contribution in [0.4, 0.5) is 4.39 Å². The number of nitrogens with one attached hydrogen (secondary N) is 1. The molecule has 2 aromatic rings. The summed E-state index contributed by atoms with van der Waals surface area (Å²) in [4.78, 5) is 17.2. The van der Waals surface area contributed by atoms with Gasteiger partial charge in [0.1, 0.15) is 0 Å². The molecule has 0 bridgehead atoms. The van der Waals surface area contributed by atoms with Gasteiger partial charge in [-0.2, -0.15) is 4.39 Å². The van der Waals surface area contributed by atoms with Gasteiger partial charge in [-0.25, -0.2) is 0 Å². The zero-order chi connectivity index (χ0) is 9.42. The summed E-state index contributed by atoms with van der Waals surface area (Å²) in [6.07, 6.45) is 3.01. The topological polar surface area (TPSA) is 45.8 Å². The van der Waals surface area contributed by atoms with Gasteiger partial charge in [-0.3, -0.25) is 9.78 Å². The van der Waals surface area contributed by atoms with Crippen LogP contribution in [0, 0.1) is 5.82 Å². The summed E-state index contributed by atoms with van der Waals surface area (Å²) in [6.45, 7) is 0. The Morgan fingerprint density at radius 2 is 2.31 bits per heavy atom. The Balaban J connectivity index is 3.02. The van der Waals surface area contributed by atoms with Crippen LogP contribution in [0.2, 0.25) is 0 Å². The van der Waals surface area contributed by atoms with Crippen molar-refractivity contribution in [2.24, 2.45) is 0 Å². The minimum Gasteiger partial charge on any atom is -0.318 e. The monoisotopic (exact) mass is 242 g/mol. The minimum absolute atomic E-state index is 0.175. The number of rotatable bonds is 0. The Morgan fingerprint density at radius 3 is 3.08 bits per heavy atom. The van der Waals surface area contributed by atoms with Crippen molar-refractivity contribution in [3.05, 3.63) is 39.1 Å². The maximum Gasteiger partial charge on any atom is 0.285 e. The van der Waals surface area contributed by atoms with Crippen LogP contribution in [0.1, 0.15) is 0 Å². The average molecular weight is 243 g/mol. The van der Waals surface area contributed by atoms with Crippen LogP contribution in [0.25, 0.3) is 10.9 Å². The standard InChI is InChI=1S/C8H4BrFN2O/c9-6-4-1-2-11-3-5(4)12-8(13)7(6)10/h1-3H,(H,12,13). The summed E-state index contributed by atoms with van der Waals surface area (Å²) in [6, 6.07) is 1.62. The van der Waals surface area contributed by atoms with Crippen molar-refractivity contribution in [1.29, 1.82) is 0 Å². The molecule has 0 amide bonds. The molecule has 0 spiro atoms. The van der Waals surface area contributed by atoms with E-state index in [1.807, 2.05) is 0 Å². The molecule has 0 aromatic carbocycles. The molecule has 0 aliphatic rings. The first kappa shape index (κ1) is 8.37. The number of aromatic nitrogens is 2. The molecule has 2 heterocycles. The van der Waals surface area contributed by atoms with Crippen molar-refractivity contribution >= 4 is 26.8 Å². The van der Waals surface area contributed by atoms with E-state index in [-0.39, 0.29) is 4.47 Å². The number of nitrogens with zero attached hydrogens (tertiary/aromatic N) is 1. The fraction of sp³-hybridized carbons (Fsp3) is 0. The highest BCUT2D eigenvalue weighted by Gasteiger charge is 2.08. The molecule has 3 nitrogen and oxygen atoms in total. The normalized spacial score (nSPS) is 10.6. The number of aromatic amines is 1. The van der Waals surface area contributed by atoms with Gasteiger partial charge in [-0.05, 0) is 22.0 Å². The first-order valence-electron chi connectivity index (χ1n) is 3.51. The highest BCUT2D eigenvalue weighted by Crippen LogP contribution is 2.21. The molecule has 1 N–H and O–H groups in total. The molecular formula is C8H4BrFN2O. The summed E-state index contributed by atoms with van der Waals surface area (Å²) in [7, 11) is 0. The van der Waals surface area contributed by atoms with Gasteiger partial charge < -0.3 is 4.98 Å². The molecule has 0 saturated carbocycles. The first-order chi connectivity index (χ1) is 6.20. The molecule has 0 aliphatic carbocycles. The second-order valence-corrected chi connectivity index (χ2v) is 3.30. The predicted octanol–water partition coefficient (Wildman–Crippen LogP) is 1.82. The Labute approximate surface area is 80.7 Å². The molecule has 0 atom stereocenters. The van der Waals surface area contributed by atoms with Crippen molar-refractivity contribution in [3.63, 3.8) is 0 Å². The zero-order valence-corrected chi connectivity index (χ0v) is 7.93.